The van der Waals surface area contributed by atoms with Crippen LogP contribution in [0.4, 0.5) is 5.69 Å². The number of nitrogens with one attached hydrogen (secondary N) is 1. The van der Waals surface area contributed by atoms with Gasteiger partial charge < -0.3 is 16.0 Å². The molecule has 3 amide bonds. The second kappa shape index (κ2) is 7.40. The minimum absolute atomic E-state index is 0.0358. The Labute approximate surface area is 149 Å². The number of amides is 3. The molecule has 2 aromatic rings. The summed E-state index contributed by atoms with van der Waals surface area (Å²) >= 11 is 1.48. The molecule has 0 aliphatic carbocycles. The molecule has 25 heavy (non-hydrogen) atoms. The number of benzene rings is 2. The van der Waals surface area contributed by atoms with E-state index in [1.807, 2.05) is 24.3 Å². The summed E-state index contributed by atoms with van der Waals surface area (Å²) < 4.78 is 0. The highest BCUT2D eigenvalue weighted by Crippen LogP contribution is 2.34. The van der Waals surface area contributed by atoms with Crippen molar-refractivity contribution < 1.29 is 14.4 Å². The van der Waals surface area contributed by atoms with Crippen molar-refractivity contribution in [2.45, 2.75) is 11.4 Å². The van der Waals surface area contributed by atoms with Gasteiger partial charge in [-0.05, 0) is 29.8 Å². The van der Waals surface area contributed by atoms with Gasteiger partial charge in [0.1, 0.15) is 6.54 Å². The number of fused-ring (bicyclic) bond motifs is 1. The Kier molecular flexibility index (Phi) is 5.04. The van der Waals surface area contributed by atoms with E-state index in [1.54, 1.807) is 24.3 Å². The molecule has 3 N–H and O–H groups in total. The van der Waals surface area contributed by atoms with Crippen LogP contribution in [0.15, 0.2) is 53.4 Å². The van der Waals surface area contributed by atoms with Gasteiger partial charge in [0.2, 0.25) is 17.7 Å². The Morgan fingerprint density at radius 1 is 1.16 bits per heavy atom. The van der Waals surface area contributed by atoms with Crippen molar-refractivity contribution in [1.82, 2.24) is 5.32 Å². The van der Waals surface area contributed by atoms with Crippen LogP contribution in [0.2, 0.25) is 0 Å². The fourth-order valence-corrected chi connectivity index (χ4v) is 3.50. The number of para-hydroxylation sites is 1. The number of anilines is 1. The number of nitrogens with two attached hydrogens (primary N) is 1. The summed E-state index contributed by atoms with van der Waals surface area (Å²) in [6, 6.07) is 14.3. The van der Waals surface area contributed by atoms with E-state index in [4.69, 9.17) is 5.73 Å². The van der Waals surface area contributed by atoms with Gasteiger partial charge in [-0.2, -0.15) is 0 Å². The Morgan fingerprint density at radius 2 is 1.96 bits per heavy atom. The van der Waals surface area contributed by atoms with Gasteiger partial charge in [0.15, 0.2) is 0 Å². The Balaban J connectivity index is 1.64. The van der Waals surface area contributed by atoms with Gasteiger partial charge >= 0.3 is 0 Å². The topological polar surface area (TPSA) is 92.5 Å². The Hall–Kier alpha value is -2.80. The first-order valence-electron chi connectivity index (χ1n) is 7.72. The second-order valence-corrected chi connectivity index (χ2v) is 6.59. The van der Waals surface area contributed by atoms with Gasteiger partial charge in [-0.15, -0.1) is 11.8 Å². The standard InChI is InChI=1S/C18H17N3O3S/c19-18(24)13-5-3-4-12(8-13)9-20-16(22)10-21-14-6-1-2-7-15(14)25-11-17(21)23/h1-8H,9-11H2,(H2,19,24)(H,20,22). The van der Waals surface area contributed by atoms with E-state index in [2.05, 4.69) is 5.32 Å². The van der Waals surface area contributed by atoms with Crippen LogP contribution in [0.1, 0.15) is 15.9 Å². The average Bonchev–Trinajstić information content (AvgIpc) is 2.62. The molecule has 0 radical (unpaired) electrons. The molecular weight excluding hydrogens is 338 g/mol. The van der Waals surface area contributed by atoms with Gasteiger partial charge in [-0.1, -0.05) is 24.3 Å². The summed E-state index contributed by atoms with van der Waals surface area (Å²) in [5.41, 5.74) is 7.17. The third-order valence-electron chi connectivity index (χ3n) is 3.81. The van der Waals surface area contributed by atoms with Crippen molar-refractivity contribution in [2.24, 2.45) is 5.73 Å². The van der Waals surface area contributed by atoms with Crippen LogP contribution in [0.3, 0.4) is 0 Å². The maximum Gasteiger partial charge on any atom is 0.248 e. The Bertz CT molecular complexity index is 838. The lowest BCUT2D eigenvalue weighted by molar-refractivity contribution is -0.123. The molecule has 0 atom stereocenters. The lowest BCUT2D eigenvalue weighted by Gasteiger charge is -2.28. The van der Waals surface area contributed by atoms with Crippen molar-refractivity contribution >= 4 is 35.2 Å². The third-order valence-corrected chi connectivity index (χ3v) is 4.86. The number of rotatable bonds is 5. The van der Waals surface area contributed by atoms with Gasteiger partial charge in [-0.3, -0.25) is 14.4 Å². The highest BCUT2D eigenvalue weighted by atomic mass is 32.2. The van der Waals surface area contributed by atoms with Crippen molar-refractivity contribution in [3.8, 4) is 0 Å². The molecule has 1 aliphatic heterocycles. The highest BCUT2D eigenvalue weighted by molar-refractivity contribution is 8.00. The zero-order valence-electron chi connectivity index (χ0n) is 13.4. The molecular formula is C18H17N3O3S. The van der Waals surface area contributed by atoms with E-state index in [1.165, 1.54) is 16.7 Å². The number of carbonyl (C=O) groups is 3. The molecule has 128 valence electrons. The van der Waals surface area contributed by atoms with Gasteiger partial charge in [0.05, 0.1) is 11.4 Å². The van der Waals surface area contributed by atoms with Crippen molar-refractivity contribution in [2.75, 3.05) is 17.2 Å². The van der Waals surface area contributed by atoms with Gasteiger partial charge in [0.25, 0.3) is 0 Å². The smallest absolute Gasteiger partial charge is 0.248 e. The van der Waals surface area contributed by atoms with Crippen molar-refractivity contribution in [1.29, 1.82) is 0 Å². The molecule has 1 aliphatic rings. The van der Waals surface area contributed by atoms with Crippen LogP contribution in [0.5, 0.6) is 0 Å². The Morgan fingerprint density at radius 3 is 2.76 bits per heavy atom. The molecule has 0 unspecified atom stereocenters. The molecule has 0 spiro atoms. The molecule has 1 heterocycles. The zero-order chi connectivity index (χ0) is 17.8. The fourth-order valence-electron chi connectivity index (χ4n) is 2.56. The quantitative estimate of drug-likeness (QED) is 0.851. The lowest BCUT2D eigenvalue weighted by Crippen LogP contribution is -2.43. The molecule has 2 aromatic carbocycles. The van der Waals surface area contributed by atoms with Gasteiger partial charge in [0, 0.05) is 17.0 Å². The summed E-state index contributed by atoms with van der Waals surface area (Å²) in [7, 11) is 0. The van der Waals surface area contributed by atoms with Crippen LogP contribution in [0, 0.1) is 0 Å². The van der Waals surface area contributed by atoms with Crippen LogP contribution in [-0.2, 0) is 16.1 Å². The molecule has 6 nitrogen and oxygen atoms in total. The molecule has 0 saturated carbocycles. The average molecular weight is 355 g/mol. The molecule has 0 saturated heterocycles. The van der Waals surface area contributed by atoms with Crippen molar-refractivity contribution in [3.63, 3.8) is 0 Å². The number of carbonyl (C=O) groups excluding carboxylic acids is 3. The number of thioether (sulfide) groups is 1. The largest absolute Gasteiger partial charge is 0.366 e. The van der Waals surface area contributed by atoms with E-state index in [0.29, 0.717) is 11.3 Å². The van der Waals surface area contributed by atoms with Gasteiger partial charge in [-0.25, -0.2) is 0 Å². The number of hydrogen-bond acceptors (Lipinski definition) is 4. The third kappa shape index (κ3) is 4.00. The minimum Gasteiger partial charge on any atom is -0.366 e. The van der Waals surface area contributed by atoms with E-state index in [-0.39, 0.29) is 24.9 Å². The number of hydrogen-bond donors (Lipinski definition) is 2. The summed E-state index contributed by atoms with van der Waals surface area (Å²) in [6.45, 7) is 0.226. The van der Waals surface area contributed by atoms with Crippen LogP contribution < -0.4 is 16.0 Å². The summed E-state index contributed by atoms with van der Waals surface area (Å²) in [5, 5.41) is 2.77. The molecule has 0 bridgehead atoms. The maximum atomic E-state index is 12.3. The summed E-state index contributed by atoms with van der Waals surface area (Å²) in [4.78, 5) is 38.1. The summed E-state index contributed by atoms with van der Waals surface area (Å²) in [6.07, 6.45) is 0. The molecule has 3 rings (SSSR count). The van der Waals surface area contributed by atoms with Crippen molar-refractivity contribution in [3.05, 3.63) is 59.7 Å². The van der Waals surface area contributed by atoms with Crippen LogP contribution >= 0.6 is 11.8 Å². The summed E-state index contributed by atoms with van der Waals surface area (Å²) in [5.74, 6) is -0.541. The maximum absolute atomic E-state index is 12.3. The molecule has 0 fully saturated rings. The van der Waals surface area contributed by atoms with E-state index >= 15 is 0 Å². The molecule has 0 aromatic heterocycles. The first kappa shape index (κ1) is 17.0. The SMILES string of the molecule is NC(=O)c1cccc(CNC(=O)CN2C(=O)CSc3ccccc32)c1. The van der Waals surface area contributed by atoms with E-state index in [9.17, 15) is 14.4 Å². The fraction of sp³-hybridized carbons (Fsp3) is 0.167. The van der Waals surface area contributed by atoms with E-state index in [0.717, 1.165) is 16.1 Å². The second-order valence-electron chi connectivity index (χ2n) is 5.58. The highest BCUT2D eigenvalue weighted by Gasteiger charge is 2.26. The van der Waals surface area contributed by atoms with Crippen LogP contribution in [0.25, 0.3) is 0 Å². The predicted molar refractivity (Wildman–Crippen MR) is 96.3 cm³/mol. The minimum atomic E-state index is -0.513. The number of nitrogens with zero attached hydrogens (tertiary/aromatic N) is 1. The number of primary amides is 1. The first-order chi connectivity index (χ1) is 12.0. The lowest BCUT2D eigenvalue weighted by atomic mass is 10.1. The molecule has 7 heteroatoms. The zero-order valence-corrected chi connectivity index (χ0v) is 14.2. The van der Waals surface area contributed by atoms with E-state index < -0.39 is 5.91 Å². The predicted octanol–water partition coefficient (Wildman–Crippen LogP) is 1.54. The normalized spacial score (nSPS) is 13.3. The van der Waals surface area contributed by atoms with Crippen LogP contribution in [-0.4, -0.2) is 30.0 Å². The first-order valence-corrected chi connectivity index (χ1v) is 8.71. The monoisotopic (exact) mass is 355 g/mol.